The van der Waals surface area contributed by atoms with Crippen molar-refractivity contribution >= 4 is 24.8 Å². The first-order valence-corrected chi connectivity index (χ1v) is 14.2. The molecule has 1 fully saturated rings. The second-order valence-electron chi connectivity index (χ2n) is 9.06. The first kappa shape index (κ1) is 24.0. The van der Waals surface area contributed by atoms with Crippen molar-refractivity contribution in [2.75, 3.05) is 30.0 Å². The predicted molar refractivity (Wildman–Crippen MR) is 132 cm³/mol. The van der Waals surface area contributed by atoms with Crippen molar-refractivity contribution in [3.63, 3.8) is 0 Å². The van der Waals surface area contributed by atoms with E-state index in [0.717, 1.165) is 47.5 Å². The third kappa shape index (κ3) is 6.65. The number of benzene rings is 2. The van der Waals surface area contributed by atoms with Crippen molar-refractivity contribution in [2.45, 2.75) is 46.1 Å². The Morgan fingerprint density at radius 1 is 1.00 bits per heavy atom. The number of nitrogens with one attached hydrogen (secondary N) is 1. The van der Waals surface area contributed by atoms with Crippen LogP contribution in [-0.2, 0) is 20.9 Å². The van der Waals surface area contributed by atoms with E-state index < -0.39 is 7.26 Å². The number of rotatable bonds is 7. The predicted octanol–water partition coefficient (Wildman–Crippen LogP) is 5.18. The standard InChI is InChI=1S/C26H33N2O3P/c1-20-14-23(16-27)15-21(2)26(20)28-24(29)18-32(12-8-3-4-9-13-32)19-25(30)31-17-22-10-6-5-7-11-22/h5-7,10-11,14-15,32H,3-4,8-9,12-13,17-19H2,1-2H3,(H,28,29). The van der Waals surface area contributed by atoms with Gasteiger partial charge in [0.25, 0.3) is 0 Å². The minimum absolute atomic E-state index is 0.0228. The molecule has 0 unspecified atom stereocenters. The van der Waals surface area contributed by atoms with Crippen LogP contribution in [0.5, 0.6) is 0 Å². The number of anilines is 1. The summed E-state index contributed by atoms with van der Waals surface area (Å²) < 4.78 is 5.59. The van der Waals surface area contributed by atoms with Crippen LogP contribution in [0.3, 0.4) is 0 Å². The Bertz CT molecular complexity index is 967. The van der Waals surface area contributed by atoms with Crippen LogP contribution in [0, 0.1) is 25.2 Å². The van der Waals surface area contributed by atoms with E-state index in [0.29, 0.717) is 17.9 Å². The van der Waals surface area contributed by atoms with E-state index in [-0.39, 0.29) is 18.5 Å². The Morgan fingerprint density at radius 3 is 2.22 bits per heavy atom. The van der Waals surface area contributed by atoms with E-state index >= 15 is 0 Å². The van der Waals surface area contributed by atoms with Gasteiger partial charge >= 0.3 is 191 Å². The summed E-state index contributed by atoms with van der Waals surface area (Å²) in [6, 6.07) is 15.4. The van der Waals surface area contributed by atoms with E-state index in [1.54, 1.807) is 12.1 Å². The molecule has 1 aliphatic heterocycles. The number of amides is 1. The van der Waals surface area contributed by atoms with Crippen molar-refractivity contribution in [1.82, 2.24) is 0 Å². The van der Waals surface area contributed by atoms with Gasteiger partial charge in [-0.05, 0) is 0 Å². The summed E-state index contributed by atoms with van der Waals surface area (Å²) in [5.74, 6) is -0.203. The molecule has 0 bridgehead atoms. The molecule has 0 radical (unpaired) electrons. The summed E-state index contributed by atoms with van der Waals surface area (Å²) >= 11 is 0. The van der Waals surface area contributed by atoms with Gasteiger partial charge in [0.15, 0.2) is 0 Å². The zero-order valence-electron chi connectivity index (χ0n) is 19.1. The number of esters is 1. The maximum atomic E-state index is 13.1. The van der Waals surface area contributed by atoms with Crippen LogP contribution >= 0.6 is 7.26 Å². The number of ether oxygens (including phenoxy) is 1. The molecule has 0 aromatic heterocycles. The van der Waals surface area contributed by atoms with Crippen LogP contribution in [0.4, 0.5) is 5.69 Å². The van der Waals surface area contributed by atoms with Gasteiger partial charge in [0.05, 0.1) is 0 Å². The van der Waals surface area contributed by atoms with Gasteiger partial charge in [-0.15, -0.1) is 0 Å². The molecule has 0 aliphatic carbocycles. The zero-order chi connectivity index (χ0) is 23.0. The van der Waals surface area contributed by atoms with E-state index in [1.165, 1.54) is 12.8 Å². The maximum absolute atomic E-state index is 13.1. The van der Waals surface area contributed by atoms with Crippen molar-refractivity contribution in [3.05, 3.63) is 64.7 Å². The molecule has 6 heteroatoms. The Morgan fingerprint density at radius 2 is 1.62 bits per heavy atom. The number of nitrogens with zero attached hydrogens (tertiary/aromatic N) is 1. The molecule has 3 rings (SSSR count). The van der Waals surface area contributed by atoms with Crippen molar-refractivity contribution < 1.29 is 14.3 Å². The monoisotopic (exact) mass is 452 g/mol. The average Bonchev–Trinajstić information content (AvgIpc) is 3.00. The van der Waals surface area contributed by atoms with E-state index in [9.17, 15) is 9.59 Å². The van der Waals surface area contributed by atoms with Gasteiger partial charge in [0.1, 0.15) is 0 Å². The Hall–Kier alpha value is -2.70. The van der Waals surface area contributed by atoms with Gasteiger partial charge in [0, 0.05) is 0 Å². The summed E-state index contributed by atoms with van der Waals surface area (Å²) in [4.78, 5) is 25.9. The quantitative estimate of drug-likeness (QED) is 0.464. The number of nitriles is 1. The number of aryl methyl sites for hydroxylation is 2. The molecule has 32 heavy (non-hydrogen) atoms. The Balaban J connectivity index is 1.69. The number of carbonyl (C=O) groups is 2. The van der Waals surface area contributed by atoms with Crippen LogP contribution < -0.4 is 5.32 Å². The third-order valence-electron chi connectivity index (χ3n) is 6.39. The first-order chi connectivity index (χ1) is 15.4. The van der Waals surface area contributed by atoms with Gasteiger partial charge in [-0.1, -0.05) is 0 Å². The van der Waals surface area contributed by atoms with Gasteiger partial charge in [0.2, 0.25) is 0 Å². The zero-order valence-corrected chi connectivity index (χ0v) is 20.1. The molecule has 0 atom stereocenters. The molecule has 170 valence electrons. The molecule has 1 amide bonds. The summed E-state index contributed by atoms with van der Waals surface area (Å²) in [5, 5.41) is 12.2. The topological polar surface area (TPSA) is 79.2 Å². The van der Waals surface area contributed by atoms with Crippen LogP contribution in [-0.4, -0.2) is 36.5 Å². The second kappa shape index (κ2) is 11.2. The molecule has 2 aromatic carbocycles. The fraction of sp³-hybridized carbons (Fsp3) is 0.423. The molecule has 0 spiro atoms. The van der Waals surface area contributed by atoms with Gasteiger partial charge in [-0.3, -0.25) is 0 Å². The second-order valence-corrected chi connectivity index (χ2v) is 13.8. The van der Waals surface area contributed by atoms with Crippen molar-refractivity contribution in [2.24, 2.45) is 0 Å². The minimum atomic E-state index is -2.14. The van der Waals surface area contributed by atoms with Gasteiger partial charge in [-0.25, -0.2) is 0 Å². The molecule has 1 saturated heterocycles. The van der Waals surface area contributed by atoms with Crippen LogP contribution in [0.1, 0.15) is 47.9 Å². The summed E-state index contributed by atoms with van der Waals surface area (Å²) in [6.07, 6.45) is 7.33. The van der Waals surface area contributed by atoms with E-state index in [2.05, 4.69) is 11.4 Å². The van der Waals surface area contributed by atoms with Crippen LogP contribution in [0.15, 0.2) is 42.5 Å². The molecular weight excluding hydrogens is 419 g/mol. The van der Waals surface area contributed by atoms with E-state index in [4.69, 9.17) is 10.00 Å². The summed E-state index contributed by atoms with van der Waals surface area (Å²) in [7, 11) is -2.14. The SMILES string of the molecule is Cc1cc(C#N)cc(C)c1NC(=O)C[PH]1(CC(=O)OCc2ccccc2)CCCCCC1. The summed E-state index contributed by atoms with van der Waals surface area (Å²) in [5.41, 5.74) is 4.11. The average molecular weight is 453 g/mol. The normalized spacial score (nSPS) is 16.3. The third-order valence-corrected chi connectivity index (χ3v) is 11.3. The number of carbonyl (C=O) groups excluding carboxylic acids is 2. The van der Waals surface area contributed by atoms with E-state index in [1.807, 2.05) is 44.2 Å². The van der Waals surface area contributed by atoms with Crippen LogP contribution in [0.2, 0.25) is 0 Å². The first-order valence-electron chi connectivity index (χ1n) is 11.4. The number of hydrogen-bond acceptors (Lipinski definition) is 4. The van der Waals surface area contributed by atoms with Gasteiger partial charge in [-0.2, -0.15) is 0 Å². The van der Waals surface area contributed by atoms with Crippen molar-refractivity contribution in [3.8, 4) is 6.07 Å². The van der Waals surface area contributed by atoms with Crippen LogP contribution in [0.25, 0.3) is 0 Å². The molecule has 2 aromatic rings. The molecule has 1 N–H and O–H groups in total. The number of hydrogen-bond donors (Lipinski definition) is 1. The molecule has 1 aliphatic rings. The molecule has 0 saturated carbocycles. The molecular formula is C26H33N2O3P. The van der Waals surface area contributed by atoms with Crippen molar-refractivity contribution in [1.29, 1.82) is 5.26 Å². The fourth-order valence-electron chi connectivity index (χ4n) is 4.74. The summed E-state index contributed by atoms with van der Waals surface area (Å²) in [6.45, 7) is 4.09. The Kier molecular flexibility index (Phi) is 8.42. The molecule has 5 nitrogen and oxygen atoms in total. The molecule has 1 heterocycles. The van der Waals surface area contributed by atoms with Gasteiger partial charge < -0.3 is 0 Å². The Labute approximate surface area is 191 Å². The fourth-order valence-corrected chi connectivity index (χ4v) is 9.31.